The minimum Gasteiger partial charge on any atom is -0.372 e. The maximum atomic E-state index is 12.6. The molecule has 0 radical (unpaired) electrons. The van der Waals surface area contributed by atoms with Crippen LogP contribution in [0.3, 0.4) is 0 Å². The van der Waals surface area contributed by atoms with Gasteiger partial charge in [-0.05, 0) is 38.8 Å². The summed E-state index contributed by atoms with van der Waals surface area (Å²) in [5.41, 5.74) is 2.72. The first-order valence-electron chi connectivity index (χ1n) is 5.74. The van der Waals surface area contributed by atoms with E-state index in [1.807, 2.05) is 33.0 Å². The number of aryl methyl sites for hydroxylation is 2. The largest absolute Gasteiger partial charge is 0.372 e. The number of anilines is 1. The van der Waals surface area contributed by atoms with Gasteiger partial charge in [0.1, 0.15) is 0 Å². The van der Waals surface area contributed by atoms with E-state index < -0.39 is 14.6 Å². The molecule has 0 saturated heterocycles. The van der Waals surface area contributed by atoms with Crippen molar-refractivity contribution in [2.75, 3.05) is 18.5 Å². The molecular formula is C13H19NO2S. The first kappa shape index (κ1) is 12.4. The lowest BCUT2D eigenvalue weighted by atomic mass is 10.1. The molecule has 0 spiro atoms. The molecule has 0 bridgehead atoms. The van der Waals surface area contributed by atoms with Crippen molar-refractivity contribution in [1.82, 2.24) is 0 Å². The van der Waals surface area contributed by atoms with E-state index in [1.165, 1.54) is 0 Å². The van der Waals surface area contributed by atoms with Crippen molar-refractivity contribution in [2.24, 2.45) is 0 Å². The van der Waals surface area contributed by atoms with Crippen molar-refractivity contribution in [2.45, 2.75) is 37.3 Å². The van der Waals surface area contributed by atoms with Gasteiger partial charge in [-0.1, -0.05) is 12.1 Å². The molecule has 1 aliphatic rings. The Labute approximate surface area is 103 Å². The van der Waals surface area contributed by atoms with Crippen molar-refractivity contribution in [1.29, 1.82) is 0 Å². The maximum Gasteiger partial charge on any atom is 0.187 e. The van der Waals surface area contributed by atoms with Gasteiger partial charge in [-0.15, -0.1) is 0 Å². The molecule has 0 atom stereocenters. The first-order valence-corrected chi connectivity index (χ1v) is 7.23. The smallest absolute Gasteiger partial charge is 0.187 e. The zero-order valence-corrected chi connectivity index (χ0v) is 11.9. The van der Waals surface area contributed by atoms with Gasteiger partial charge < -0.3 is 4.90 Å². The van der Waals surface area contributed by atoms with Gasteiger partial charge in [0.2, 0.25) is 0 Å². The first-order chi connectivity index (χ1) is 7.68. The highest BCUT2D eigenvalue weighted by Crippen LogP contribution is 2.41. The molecule has 0 aliphatic carbocycles. The van der Waals surface area contributed by atoms with E-state index in [1.54, 1.807) is 13.8 Å². The van der Waals surface area contributed by atoms with Crippen LogP contribution in [-0.4, -0.2) is 26.8 Å². The molecule has 1 heterocycles. The molecule has 0 fully saturated rings. The van der Waals surface area contributed by atoms with Crippen LogP contribution in [0.15, 0.2) is 17.0 Å². The van der Waals surface area contributed by atoms with E-state index in [9.17, 15) is 8.42 Å². The Balaban J connectivity index is 2.89. The zero-order valence-electron chi connectivity index (χ0n) is 11.0. The molecule has 1 aliphatic heterocycles. The highest BCUT2D eigenvalue weighted by molar-refractivity contribution is 7.93. The van der Waals surface area contributed by atoms with Crippen molar-refractivity contribution >= 4 is 15.5 Å². The fourth-order valence-electron chi connectivity index (χ4n) is 2.60. The molecule has 94 valence electrons. The average molecular weight is 253 g/mol. The third-order valence-corrected chi connectivity index (χ3v) is 6.16. The Kier molecular flexibility index (Phi) is 2.54. The number of fused-ring (bicyclic) bond motifs is 1. The molecule has 0 amide bonds. The third kappa shape index (κ3) is 1.58. The molecule has 2 rings (SSSR count). The van der Waals surface area contributed by atoms with Gasteiger partial charge in [-0.2, -0.15) is 0 Å². The summed E-state index contributed by atoms with van der Waals surface area (Å²) in [6.07, 6.45) is 0. The van der Waals surface area contributed by atoms with Gasteiger partial charge in [0.05, 0.1) is 15.3 Å². The van der Waals surface area contributed by atoms with Crippen molar-refractivity contribution in [3.8, 4) is 0 Å². The summed E-state index contributed by atoms with van der Waals surface area (Å²) in [6, 6.07) is 3.87. The van der Waals surface area contributed by atoms with Crippen LogP contribution in [-0.2, 0) is 9.84 Å². The van der Waals surface area contributed by atoms with Gasteiger partial charge in [-0.25, -0.2) is 8.42 Å². The summed E-state index contributed by atoms with van der Waals surface area (Å²) in [7, 11) is -1.29. The maximum absolute atomic E-state index is 12.6. The minimum atomic E-state index is -3.25. The lowest BCUT2D eigenvalue weighted by Crippen LogP contribution is -2.48. The van der Waals surface area contributed by atoms with Crippen LogP contribution in [0.2, 0.25) is 0 Å². The van der Waals surface area contributed by atoms with Crippen molar-refractivity contribution in [3.63, 3.8) is 0 Å². The van der Waals surface area contributed by atoms with Gasteiger partial charge in [-0.3, -0.25) is 0 Å². The normalized spacial score (nSPS) is 21.1. The Morgan fingerprint density at radius 2 is 1.71 bits per heavy atom. The Bertz CT molecular complexity index is 573. The minimum absolute atomic E-state index is 0.510. The standard InChI is InChI=1S/C13H19NO2S/c1-9-6-7-10(2)12-11(9)14(5)8-13(3,4)17(12,15)16/h6-7H,8H2,1-5H3. The van der Waals surface area contributed by atoms with Gasteiger partial charge >= 0.3 is 0 Å². The van der Waals surface area contributed by atoms with Gasteiger partial charge in [0.15, 0.2) is 9.84 Å². The number of benzene rings is 1. The lowest BCUT2D eigenvalue weighted by Gasteiger charge is -2.39. The molecule has 0 saturated carbocycles. The molecule has 4 heteroatoms. The second-order valence-electron chi connectivity index (χ2n) is 5.50. The second-order valence-corrected chi connectivity index (χ2v) is 8.02. The van der Waals surface area contributed by atoms with E-state index in [4.69, 9.17) is 0 Å². The Morgan fingerprint density at radius 1 is 1.18 bits per heavy atom. The third-order valence-electron chi connectivity index (χ3n) is 3.53. The average Bonchev–Trinajstić information content (AvgIpc) is 2.17. The summed E-state index contributed by atoms with van der Waals surface area (Å²) >= 11 is 0. The van der Waals surface area contributed by atoms with Crippen LogP contribution < -0.4 is 4.90 Å². The van der Waals surface area contributed by atoms with Crippen LogP contribution >= 0.6 is 0 Å². The van der Waals surface area contributed by atoms with E-state index in [0.29, 0.717) is 11.4 Å². The Morgan fingerprint density at radius 3 is 2.29 bits per heavy atom. The molecule has 3 nitrogen and oxygen atoms in total. The Hall–Kier alpha value is -1.03. The molecule has 0 N–H and O–H groups in total. The van der Waals surface area contributed by atoms with Crippen LogP contribution in [0.1, 0.15) is 25.0 Å². The van der Waals surface area contributed by atoms with E-state index >= 15 is 0 Å². The fraction of sp³-hybridized carbons (Fsp3) is 0.538. The second kappa shape index (κ2) is 3.48. The molecule has 17 heavy (non-hydrogen) atoms. The van der Waals surface area contributed by atoms with E-state index in [2.05, 4.69) is 4.90 Å². The number of hydrogen-bond donors (Lipinski definition) is 0. The summed E-state index contributed by atoms with van der Waals surface area (Å²) in [6.45, 7) is 7.95. The summed E-state index contributed by atoms with van der Waals surface area (Å²) in [4.78, 5) is 2.56. The number of hydrogen-bond acceptors (Lipinski definition) is 3. The van der Waals surface area contributed by atoms with E-state index in [-0.39, 0.29) is 0 Å². The molecule has 1 aromatic carbocycles. The fourth-order valence-corrected chi connectivity index (χ4v) is 4.58. The van der Waals surface area contributed by atoms with Gasteiger partial charge in [0, 0.05) is 13.6 Å². The topological polar surface area (TPSA) is 37.4 Å². The predicted molar refractivity (Wildman–Crippen MR) is 70.5 cm³/mol. The monoisotopic (exact) mass is 253 g/mol. The number of sulfone groups is 1. The summed E-state index contributed by atoms with van der Waals surface area (Å²) < 4.78 is 24.5. The highest BCUT2D eigenvalue weighted by atomic mass is 32.2. The van der Waals surface area contributed by atoms with Crippen LogP contribution in [0.5, 0.6) is 0 Å². The zero-order chi connectivity index (χ0) is 13.0. The molecule has 1 aromatic rings. The number of rotatable bonds is 0. The van der Waals surface area contributed by atoms with Crippen molar-refractivity contribution < 1.29 is 8.42 Å². The molecule has 0 aromatic heterocycles. The van der Waals surface area contributed by atoms with E-state index in [0.717, 1.165) is 16.8 Å². The highest BCUT2D eigenvalue weighted by Gasteiger charge is 2.44. The lowest BCUT2D eigenvalue weighted by molar-refractivity contribution is 0.533. The van der Waals surface area contributed by atoms with Crippen LogP contribution in [0, 0.1) is 13.8 Å². The van der Waals surface area contributed by atoms with Crippen molar-refractivity contribution in [3.05, 3.63) is 23.3 Å². The quantitative estimate of drug-likeness (QED) is 0.712. The van der Waals surface area contributed by atoms with Gasteiger partial charge in [0.25, 0.3) is 0 Å². The number of nitrogens with zero attached hydrogens (tertiary/aromatic N) is 1. The van der Waals surface area contributed by atoms with Crippen LogP contribution in [0.25, 0.3) is 0 Å². The predicted octanol–water partition coefficient (Wildman–Crippen LogP) is 2.31. The summed E-state index contributed by atoms with van der Waals surface area (Å²) in [5, 5.41) is 0. The van der Waals surface area contributed by atoms with Crippen LogP contribution in [0.4, 0.5) is 5.69 Å². The SMILES string of the molecule is Cc1ccc(C)c2c1N(C)CC(C)(C)S2(=O)=O. The summed E-state index contributed by atoms with van der Waals surface area (Å²) in [5.74, 6) is 0. The molecular weight excluding hydrogens is 234 g/mol. The molecule has 0 unspecified atom stereocenters.